The number of rotatable bonds is 9. The van der Waals surface area contributed by atoms with Crippen LogP contribution >= 0.6 is 0 Å². The van der Waals surface area contributed by atoms with Crippen LogP contribution in [-0.2, 0) is 0 Å². The summed E-state index contributed by atoms with van der Waals surface area (Å²) in [4.78, 5) is 2.39. The fourth-order valence-corrected chi connectivity index (χ4v) is 9.72. The maximum absolute atomic E-state index is 2.41. The summed E-state index contributed by atoms with van der Waals surface area (Å²) in [5, 5.41) is 5.02. The molecule has 0 aliphatic rings. The second-order valence-corrected chi connectivity index (χ2v) is 16.9. The summed E-state index contributed by atoms with van der Waals surface area (Å²) < 4.78 is 2.41. The van der Waals surface area contributed by atoms with Crippen LogP contribution in [0.15, 0.2) is 267 Å². The number of aromatic nitrogens is 1. The Morgan fingerprint density at radius 2 is 0.667 bits per heavy atom. The Bertz CT molecular complexity index is 3610. The molecule has 0 aliphatic heterocycles. The molecule has 310 valence electrons. The summed E-state index contributed by atoms with van der Waals surface area (Å²) in [6.45, 7) is 0. The molecule has 0 amide bonds. The van der Waals surface area contributed by atoms with Gasteiger partial charge in [0, 0.05) is 33.3 Å². The SMILES string of the molecule is c1ccc(-c2ccc(-c3ccccc3N(c3ccc(-c4ccc(-c5ccccc5-n5c6ccccc6c6ccccc65)cc4)cc3)c3ccc(-c4ccc5ccccc5c4)cc3)cc2)cc1. The molecule has 12 rings (SSSR count). The van der Waals surface area contributed by atoms with E-state index in [-0.39, 0.29) is 0 Å². The average molecular weight is 841 g/mol. The van der Waals surface area contributed by atoms with Gasteiger partial charge in [-0.15, -0.1) is 0 Å². The zero-order chi connectivity index (χ0) is 43.8. The summed E-state index contributed by atoms with van der Waals surface area (Å²) in [6.07, 6.45) is 0. The van der Waals surface area contributed by atoms with Crippen LogP contribution in [0.2, 0.25) is 0 Å². The van der Waals surface area contributed by atoms with E-state index >= 15 is 0 Å². The molecule has 1 aromatic heterocycles. The first-order valence-electron chi connectivity index (χ1n) is 22.7. The second-order valence-electron chi connectivity index (χ2n) is 16.9. The summed E-state index contributed by atoms with van der Waals surface area (Å²) in [5.41, 5.74) is 18.7. The van der Waals surface area contributed by atoms with Gasteiger partial charge in [0.1, 0.15) is 0 Å². The van der Waals surface area contributed by atoms with Crippen LogP contribution in [0.3, 0.4) is 0 Å². The van der Waals surface area contributed by atoms with Gasteiger partial charge in [0.25, 0.3) is 0 Å². The van der Waals surface area contributed by atoms with E-state index < -0.39 is 0 Å². The molecular formula is C64H44N2. The minimum absolute atomic E-state index is 1.09. The van der Waals surface area contributed by atoms with Crippen LogP contribution < -0.4 is 4.90 Å². The Kier molecular flexibility index (Phi) is 9.89. The molecule has 1 heterocycles. The maximum Gasteiger partial charge on any atom is 0.0541 e. The number of hydrogen-bond donors (Lipinski definition) is 0. The van der Waals surface area contributed by atoms with Gasteiger partial charge in [-0.3, -0.25) is 0 Å². The van der Waals surface area contributed by atoms with Crippen LogP contribution in [0.4, 0.5) is 17.1 Å². The number of hydrogen-bond acceptors (Lipinski definition) is 1. The van der Waals surface area contributed by atoms with Crippen molar-refractivity contribution in [2.45, 2.75) is 0 Å². The van der Waals surface area contributed by atoms with E-state index in [0.717, 1.165) is 28.2 Å². The van der Waals surface area contributed by atoms with Crippen LogP contribution in [0.5, 0.6) is 0 Å². The highest BCUT2D eigenvalue weighted by Gasteiger charge is 2.19. The van der Waals surface area contributed by atoms with E-state index in [1.54, 1.807) is 0 Å². The fraction of sp³-hybridized carbons (Fsp3) is 0. The topological polar surface area (TPSA) is 8.17 Å². The molecule has 0 atom stereocenters. The molecular weight excluding hydrogens is 797 g/mol. The molecule has 2 heteroatoms. The van der Waals surface area contributed by atoms with Gasteiger partial charge in [-0.25, -0.2) is 0 Å². The predicted octanol–water partition coefficient (Wildman–Crippen LogP) is 17.7. The smallest absolute Gasteiger partial charge is 0.0541 e. The molecule has 66 heavy (non-hydrogen) atoms. The first-order chi connectivity index (χ1) is 32.7. The van der Waals surface area contributed by atoms with Crippen molar-refractivity contribution in [3.05, 3.63) is 267 Å². The van der Waals surface area contributed by atoms with Gasteiger partial charge in [0.2, 0.25) is 0 Å². The highest BCUT2D eigenvalue weighted by molar-refractivity contribution is 6.09. The lowest BCUT2D eigenvalue weighted by atomic mass is 9.97. The van der Waals surface area contributed by atoms with Crippen LogP contribution in [0, 0.1) is 0 Å². The summed E-state index contributed by atoms with van der Waals surface area (Å²) >= 11 is 0. The minimum atomic E-state index is 1.09. The van der Waals surface area contributed by atoms with Gasteiger partial charge in [0.05, 0.1) is 22.4 Å². The standard InChI is InChI=1S/C64H44N2/c1-2-14-45(15-3-1)47-26-31-51(32-27-47)57-18-6-10-22-61(57)65(56-42-38-50(39-43-56)54-35-30-46-16-4-5-17-53(46)44-54)55-40-36-49(37-41-55)48-28-33-52(34-29-48)58-19-7-11-23-62(58)66-63-24-12-8-20-59(63)60-21-9-13-25-64(60)66/h1-44H. The fourth-order valence-electron chi connectivity index (χ4n) is 9.72. The van der Waals surface area contributed by atoms with Crippen LogP contribution in [0.25, 0.3) is 93.9 Å². The summed E-state index contributed by atoms with van der Waals surface area (Å²) in [6, 6.07) is 96.8. The van der Waals surface area contributed by atoms with Gasteiger partial charge < -0.3 is 9.47 Å². The summed E-state index contributed by atoms with van der Waals surface area (Å²) in [5.74, 6) is 0. The normalized spacial score (nSPS) is 11.3. The second kappa shape index (κ2) is 16.8. The number of anilines is 3. The Labute approximate surface area is 385 Å². The average Bonchev–Trinajstić information content (AvgIpc) is 3.74. The van der Waals surface area contributed by atoms with E-state index in [2.05, 4.69) is 276 Å². The molecule has 2 nitrogen and oxygen atoms in total. The summed E-state index contributed by atoms with van der Waals surface area (Å²) in [7, 11) is 0. The van der Waals surface area contributed by atoms with E-state index in [9.17, 15) is 0 Å². The first kappa shape index (κ1) is 38.9. The molecule has 0 unspecified atom stereocenters. The molecule has 0 saturated carbocycles. The third-order valence-electron chi connectivity index (χ3n) is 13.0. The zero-order valence-electron chi connectivity index (χ0n) is 36.3. The van der Waals surface area contributed by atoms with Crippen molar-refractivity contribution in [3.8, 4) is 61.3 Å². The lowest BCUT2D eigenvalue weighted by Crippen LogP contribution is -2.11. The van der Waals surface area contributed by atoms with Gasteiger partial charge >= 0.3 is 0 Å². The van der Waals surface area contributed by atoms with E-state index in [1.165, 1.54) is 82.8 Å². The molecule has 0 radical (unpaired) electrons. The van der Waals surface area contributed by atoms with Crippen molar-refractivity contribution >= 4 is 49.6 Å². The van der Waals surface area contributed by atoms with Crippen molar-refractivity contribution in [2.75, 3.05) is 4.90 Å². The number of fused-ring (bicyclic) bond motifs is 4. The lowest BCUT2D eigenvalue weighted by Gasteiger charge is -2.28. The van der Waals surface area contributed by atoms with Gasteiger partial charge in [0.15, 0.2) is 0 Å². The Morgan fingerprint density at radius 3 is 1.29 bits per heavy atom. The van der Waals surface area contributed by atoms with Crippen LogP contribution in [-0.4, -0.2) is 4.57 Å². The quantitative estimate of drug-likeness (QED) is 0.141. The van der Waals surface area contributed by atoms with Crippen LogP contribution in [0.1, 0.15) is 0 Å². The Morgan fingerprint density at radius 1 is 0.258 bits per heavy atom. The number of nitrogens with zero attached hydrogens (tertiary/aromatic N) is 2. The molecule has 0 fully saturated rings. The Balaban J connectivity index is 0.901. The van der Waals surface area contributed by atoms with E-state index in [0.29, 0.717) is 0 Å². The lowest BCUT2D eigenvalue weighted by molar-refractivity contribution is 1.18. The predicted molar refractivity (Wildman–Crippen MR) is 280 cm³/mol. The van der Waals surface area contributed by atoms with Crippen molar-refractivity contribution in [2.24, 2.45) is 0 Å². The van der Waals surface area contributed by atoms with Gasteiger partial charge in [-0.05, 0) is 110 Å². The van der Waals surface area contributed by atoms with Crippen molar-refractivity contribution < 1.29 is 0 Å². The highest BCUT2D eigenvalue weighted by atomic mass is 15.1. The Hall–Kier alpha value is -8.72. The largest absolute Gasteiger partial charge is 0.310 e. The molecule has 0 aliphatic carbocycles. The molecule has 0 spiro atoms. The molecule has 0 bridgehead atoms. The third-order valence-corrected chi connectivity index (χ3v) is 13.0. The third kappa shape index (κ3) is 7.12. The number of benzene rings is 11. The van der Waals surface area contributed by atoms with Crippen molar-refractivity contribution in [1.29, 1.82) is 0 Å². The van der Waals surface area contributed by atoms with Crippen molar-refractivity contribution in [3.63, 3.8) is 0 Å². The van der Waals surface area contributed by atoms with E-state index in [1.807, 2.05) is 0 Å². The molecule has 0 saturated heterocycles. The van der Waals surface area contributed by atoms with E-state index in [4.69, 9.17) is 0 Å². The molecule has 0 N–H and O–H groups in total. The zero-order valence-corrected chi connectivity index (χ0v) is 36.3. The van der Waals surface area contributed by atoms with Gasteiger partial charge in [-0.2, -0.15) is 0 Å². The first-order valence-corrected chi connectivity index (χ1v) is 22.7. The highest BCUT2D eigenvalue weighted by Crippen LogP contribution is 2.43. The minimum Gasteiger partial charge on any atom is -0.310 e. The number of para-hydroxylation sites is 4. The molecule has 11 aromatic carbocycles. The van der Waals surface area contributed by atoms with Gasteiger partial charge in [-0.1, -0.05) is 212 Å². The monoisotopic (exact) mass is 840 g/mol. The molecule has 12 aromatic rings. The van der Waals surface area contributed by atoms with Crippen molar-refractivity contribution in [1.82, 2.24) is 4.57 Å². The maximum atomic E-state index is 2.41.